The monoisotopic (exact) mass is 205 g/mol. The van der Waals surface area contributed by atoms with E-state index in [1.807, 2.05) is 13.8 Å². The van der Waals surface area contributed by atoms with Crippen LogP contribution in [-0.4, -0.2) is 30.1 Å². The van der Waals surface area contributed by atoms with Gasteiger partial charge in [-0.15, -0.1) is 0 Å². The number of hydrogen-bond acceptors (Lipinski definition) is 4. The van der Waals surface area contributed by atoms with Gasteiger partial charge in [-0.3, -0.25) is 4.79 Å². The molecule has 0 saturated heterocycles. The normalized spacial score (nSPS) is 17.6. The van der Waals surface area contributed by atoms with Gasteiger partial charge in [0, 0.05) is 17.0 Å². The van der Waals surface area contributed by atoms with Crippen LogP contribution in [0, 0.1) is 5.92 Å². The summed E-state index contributed by atoms with van der Waals surface area (Å²) < 4.78 is 4.66. The Kier molecular flexibility index (Phi) is 6.16. The molecule has 0 saturated carbocycles. The second-order valence-electron chi connectivity index (χ2n) is 3.20. The van der Waals surface area contributed by atoms with Gasteiger partial charge in [0.05, 0.1) is 13.0 Å². The third-order valence-corrected chi connectivity index (χ3v) is 3.55. The van der Waals surface area contributed by atoms with Crippen LogP contribution in [0.1, 0.15) is 20.8 Å². The van der Waals surface area contributed by atoms with E-state index in [2.05, 4.69) is 11.7 Å². The van der Waals surface area contributed by atoms with Gasteiger partial charge in [-0.05, 0) is 0 Å². The lowest BCUT2D eigenvalue weighted by Gasteiger charge is -2.20. The minimum absolute atomic E-state index is 0.0657. The van der Waals surface area contributed by atoms with E-state index in [0.29, 0.717) is 11.8 Å². The Morgan fingerprint density at radius 1 is 1.46 bits per heavy atom. The van der Waals surface area contributed by atoms with E-state index in [9.17, 15) is 4.79 Å². The van der Waals surface area contributed by atoms with Crippen molar-refractivity contribution >= 4 is 17.7 Å². The molecule has 3 atom stereocenters. The highest BCUT2D eigenvalue weighted by molar-refractivity contribution is 8.00. The van der Waals surface area contributed by atoms with Crippen LogP contribution in [0.5, 0.6) is 0 Å². The number of hydrogen-bond donors (Lipinski definition) is 1. The third-order valence-electron chi connectivity index (χ3n) is 2.06. The van der Waals surface area contributed by atoms with Crippen molar-refractivity contribution in [3.63, 3.8) is 0 Å². The highest BCUT2D eigenvalue weighted by atomic mass is 32.2. The van der Waals surface area contributed by atoms with Crippen LogP contribution in [0.4, 0.5) is 0 Å². The van der Waals surface area contributed by atoms with Gasteiger partial charge in [-0.2, -0.15) is 11.8 Å². The molecule has 0 rings (SSSR count). The fourth-order valence-electron chi connectivity index (χ4n) is 0.917. The van der Waals surface area contributed by atoms with E-state index < -0.39 is 0 Å². The number of methoxy groups -OCH3 is 1. The van der Waals surface area contributed by atoms with Crippen LogP contribution in [0.15, 0.2) is 0 Å². The van der Waals surface area contributed by atoms with Crippen molar-refractivity contribution in [2.45, 2.75) is 31.3 Å². The lowest BCUT2D eigenvalue weighted by molar-refractivity contribution is -0.144. The first-order chi connectivity index (χ1) is 6.02. The fraction of sp³-hybridized carbons (Fsp3) is 0.889. The molecule has 0 aromatic carbocycles. The molecule has 0 bridgehead atoms. The van der Waals surface area contributed by atoms with Crippen molar-refractivity contribution in [2.24, 2.45) is 11.7 Å². The molecule has 0 spiro atoms. The molecule has 2 N–H and O–H groups in total. The predicted octanol–water partition coefficient (Wildman–Crippen LogP) is 1.26. The molecule has 0 radical (unpaired) electrons. The molecule has 0 aliphatic heterocycles. The molecular formula is C9H19NO2S. The summed E-state index contributed by atoms with van der Waals surface area (Å²) in [6.07, 6.45) is 0. The maximum Gasteiger partial charge on any atom is 0.309 e. The summed E-state index contributed by atoms with van der Waals surface area (Å²) in [6.45, 7) is 6.61. The molecule has 0 amide bonds. The molecule has 0 aliphatic rings. The zero-order valence-corrected chi connectivity index (χ0v) is 9.56. The zero-order chi connectivity index (χ0) is 10.4. The molecule has 3 unspecified atom stereocenters. The lowest BCUT2D eigenvalue weighted by Crippen LogP contribution is -2.25. The minimum Gasteiger partial charge on any atom is -0.469 e. The molecule has 0 aromatic rings. The van der Waals surface area contributed by atoms with Crippen molar-refractivity contribution in [1.29, 1.82) is 0 Å². The number of thioether (sulfide) groups is 1. The number of carbonyl (C=O) groups is 1. The molecule has 0 fully saturated rings. The SMILES string of the molecule is COC(=O)C(C)C(C)SC(C)CN. The van der Waals surface area contributed by atoms with Crippen molar-refractivity contribution in [3.05, 3.63) is 0 Å². The van der Waals surface area contributed by atoms with Crippen LogP contribution in [0.25, 0.3) is 0 Å². The number of ether oxygens (including phenoxy) is 1. The summed E-state index contributed by atoms with van der Waals surface area (Å²) in [6, 6.07) is 0. The summed E-state index contributed by atoms with van der Waals surface area (Å²) in [7, 11) is 1.42. The van der Waals surface area contributed by atoms with Crippen LogP contribution in [-0.2, 0) is 9.53 Å². The largest absolute Gasteiger partial charge is 0.469 e. The predicted molar refractivity (Wildman–Crippen MR) is 56.7 cm³/mol. The van der Waals surface area contributed by atoms with Crippen LogP contribution < -0.4 is 5.73 Å². The van der Waals surface area contributed by atoms with Gasteiger partial charge in [0.25, 0.3) is 0 Å². The molecule has 3 nitrogen and oxygen atoms in total. The minimum atomic E-state index is -0.149. The first-order valence-corrected chi connectivity index (χ1v) is 5.40. The first kappa shape index (κ1) is 12.8. The van der Waals surface area contributed by atoms with Gasteiger partial charge in [0.15, 0.2) is 0 Å². The summed E-state index contributed by atoms with van der Waals surface area (Å²) in [5, 5.41) is 0.646. The quantitative estimate of drug-likeness (QED) is 0.687. The number of nitrogens with two attached hydrogens (primary N) is 1. The molecule has 0 aromatic heterocycles. The van der Waals surface area contributed by atoms with Crippen molar-refractivity contribution in [1.82, 2.24) is 0 Å². The molecule has 0 aliphatic carbocycles. The Hall–Kier alpha value is -0.220. The van der Waals surface area contributed by atoms with Gasteiger partial charge in [0.2, 0.25) is 0 Å². The first-order valence-electron chi connectivity index (χ1n) is 4.46. The number of carbonyl (C=O) groups excluding carboxylic acids is 1. The van der Waals surface area contributed by atoms with E-state index in [1.165, 1.54) is 7.11 Å². The highest BCUT2D eigenvalue weighted by Gasteiger charge is 2.22. The average Bonchev–Trinajstić information content (AvgIpc) is 2.14. The highest BCUT2D eigenvalue weighted by Crippen LogP contribution is 2.23. The molecule has 13 heavy (non-hydrogen) atoms. The van der Waals surface area contributed by atoms with Crippen molar-refractivity contribution in [2.75, 3.05) is 13.7 Å². The topological polar surface area (TPSA) is 52.3 Å². The maximum absolute atomic E-state index is 11.2. The molecule has 0 heterocycles. The zero-order valence-electron chi connectivity index (χ0n) is 8.74. The summed E-state index contributed by atoms with van der Waals surface area (Å²) in [5.41, 5.74) is 5.49. The van der Waals surface area contributed by atoms with Crippen LogP contribution in [0.3, 0.4) is 0 Å². The van der Waals surface area contributed by atoms with E-state index in [4.69, 9.17) is 5.73 Å². The van der Waals surface area contributed by atoms with Gasteiger partial charge in [-0.1, -0.05) is 20.8 Å². The Bertz CT molecular complexity index is 164. The van der Waals surface area contributed by atoms with Gasteiger partial charge in [0.1, 0.15) is 0 Å². The number of rotatable bonds is 5. The van der Waals surface area contributed by atoms with Gasteiger partial charge < -0.3 is 10.5 Å². The maximum atomic E-state index is 11.2. The summed E-state index contributed by atoms with van der Waals surface area (Å²) in [5.74, 6) is -0.215. The third kappa shape index (κ3) is 4.52. The second kappa shape index (κ2) is 6.27. The Labute approximate surface area is 84.4 Å². The Morgan fingerprint density at radius 3 is 2.38 bits per heavy atom. The molecular weight excluding hydrogens is 186 g/mol. The van der Waals surface area contributed by atoms with Crippen molar-refractivity contribution in [3.8, 4) is 0 Å². The van der Waals surface area contributed by atoms with Crippen LogP contribution in [0.2, 0.25) is 0 Å². The van der Waals surface area contributed by atoms with E-state index in [0.717, 1.165) is 0 Å². The lowest BCUT2D eigenvalue weighted by atomic mass is 10.1. The molecule has 78 valence electrons. The average molecular weight is 205 g/mol. The van der Waals surface area contributed by atoms with Crippen molar-refractivity contribution < 1.29 is 9.53 Å². The van der Waals surface area contributed by atoms with Gasteiger partial charge in [-0.25, -0.2) is 0 Å². The fourth-order valence-corrected chi connectivity index (χ4v) is 2.11. The van der Waals surface area contributed by atoms with E-state index >= 15 is 0 Å². The smallest absolute Gasteiger partial charge is 0.309 e. The Balaban J connectivity index is 3.95. The molecule has 4 heteroatoms. The second-order valence-corrected chi connectivity index (χ2v) is 5.02. The number of esters is 1. The van der Waals surface area contributed by atoms with E-state index in [1.54, 1.807) is 11.8 Å². The summed E-state index contributed by atoms with van der Waals surface area (Å²) in [4.78, 5) is 11.2. The van der Waals surface area contributed by atoms with Crippen LogP contribution >= 0.6 is 11.8 Å². The standard InChI is InChI=1S/C9H19NO2S/c1-6(5-10)13-8(3)7(2)9(11)12-4/h6-8H,5,10H2,1-4H3. The van der Waals surface area contributed by atoms with Gasteiger partial charge >= 0.3 is 5.97 Å². The Morgan fingerprint density at radius 2 is 2.00 bits per heavy atom. The van der Waals surface area contributed by atoms with E-state index in [-0.39, 0.29) is 17.1 Å². The summed E-state index contributed by atoms with van der Waals surface area (Å²) >= 11 is 1.73.